The van der Waals surface area contributed by atoms with E-state index in [0.29, 0.717) is 29.8 Å². The summed E-state index contributed by atoms with van der Waals surface area (Å²) < 4.78 is 28.3. The van der Waals surface area contributed by atoms with Crippen LogP contribution in [0.5, 0.6) is 0 Å². The van der Waals surface area contributed by atoms with Crippen LogP contribution in [0.1, 0.15) is 44.7 Å². The molecule has 0 aromatic heterocycles. The first-order valence-electron chi connectivity index (χ1n) is 10.9. The van der Waals surface area contributed by atoms with Crippen molar-refractivity contribution >= 4 is 33.2 Å². The van der Waals surface area contributed by atoms with Gasteiger partial charge in [0.15, 0.2) is 0 Å². The van der Waals surface area contributed by atoms with Crippen molar-refractivity contribution < 1.29 is 18.0 Å². The van der Waals surface area contributed by atoms with Crippen molar-refractivity contribution in [3.05, 3.63) is 53.6 Å². The first-order valence-corrected chi connectivity index (χ1v) is 12.4. The van der Waals surface area contributed by atoms with Crippen LogP contribution >= 0.6 is 0 Å². The van der Waals surface area contributed by atoms with E-state index in [-0.39, 0.29) is 23.3 Å². The molecule has 0 spiro atoms. The Bertz CT molecular complexity index is 1170. The van der Waals surface area contributed by atoms with E-state index >= 15 is 0 Å². The lowest BCUT2D eigenvalue weighted by atomic mass is 9.86. The topological polar surface area (TPSA) is 86.8 Å². The van der Waals surface area contributed by atoms with Crippen LogP contribution in [0.2, 0.25) is 0 Å². The third-order valence-corrected chi connectivity index (χ3v) is 8.49. The van der Waals surface area contributed by atoms with Crippen molar-refractivity contribution in [2.45, 2.75) is 56.4 Å². The molecule has 1 fully saturated rings. The van der Waals surface area contributed by atoms with Crippen molar-refractivity contribution in [1.29, 1.82) is 0 Å². The zero-order chi connectivity index (χ0) is 23.3. The third kappa shape index (κ3) is 3.61. The van der Waals surface area contributed by atoms with Gasteiger partial charge in [0.1, 0.15) is 6.04 Å². The molecular formula is C24H29N3O4S. The number of carbonyl (C=O) groups is 2. The Kier molecular flexibility index (Phi) is 5.63. The number of amides is 2. The molecular weight excluding hydrogens is 426 g/mol. The number of rotatable bonds is 5. The maximum atomic E-state index is 13.5. The fourth-order valence-electron chi connectivity index (χ4n) is 4.59. The maximum absolute atomic E-state index is 13.5. The summed E-state index contributed by atoms with van der Waals surface area (Å²) in [5, 5.41) is 2.86. The Labute approximate surface area is 189 Å². The second kappa shape index (κ2) is 8.01. The molecule has 0 unspecified atom stereocenters. The second-order valence-corrected chi connectivity index (χ2v) is 10.9. The summed E-state index contributed by atoms with van der Waals surface area (Å²) in [7, 11) is -2.21. The molecule has 170 valence electrons. The molecule has 32 heavy (non-hydrogen) atoms. The number of fused-ring (bicyclic) bond motifs is 1. The minimum atomic E-state index is -3.90. The molecule has 2 heterocycles. The Morgan fingerprint density at radius 1 is 1.16 bits per heavy atom. The van der Waals surface area contributed by atoms with Gasteiger partial charge in [0.2, 0.25) is 21.8 Å². The van der Waals surface area contributed by atoms with E-state index in [2.05, 4.69) is 12.2 Å². The van der Waals surface area contributed by atoms with E-state index in [0.717, 1.165) is 12.0 Å². The number of nitrogens with zero attached hydrogens (tertiary/aromatic N) is 2. The van der Waals surface area contributed by atoms with Crippen LogP contribution in [0.25, 0.3) is 0 Å². The highest BCUT2D eigenvalue weighted by Gasteiger charge is 2.44. The van der Waals surface area contributed by atoms with Crippen LogP contribution < -0.4 is 10.2 Å². The summed E-state index contributed by atoms with van der Waals surface area (Å²) in [5.41, 5.74) is 2.41. The largest absolute Gasteiger partial charge is 0.325 e. The lowest BCUT2D eigenvalue weighted by Gasteiger charge is -2.24. The Morgan fingerprint density at radius 3 is 2.50 bits per heavy atom. The first-order chi connectivity index (χ1) is 15.1. The average molecular weight is 456 g/mol. The number of sulfonamides is 1. The van der Waals surface area contributed by atoms with Gasteiger partial charge in [0, 0.05) is 25.0 Å². The van der Waals surface area contributed by atoms with Crippen LogP contribution in [0.4, 0.5) is 11.4 Å². The highest BCUT2D eigenvalue weighted by Crippen LogP contribution is 2.42. The molecule has 1 N–H and O–H groups in total. The van der Waals surface area contributed by atoms with Gasteiger partial charge in [-0.05, 0) is 74.6 Å². The molecule has 7 nitrogen and oxygen atoms in total. The summed E-state index contributed by atoms with van der Waals surface area (Å²) in [6, 6.07) is 11.6. The lowest BCUT2D eigenvalue weighted by molar-refractivity contribution is -0.122. The average Bonchev–Trinajstić information content (AvgIpc) is 3.34. The smallest absolute Gasteiger partial charge is 0.243 e. The van der Waals surface area contributed by atoms with Gasteiger partial charge in [-0.25, -0.2) is 8.42 Å². The Morgan fingerprint density at radius 2 is 1.84 bits per heavy atom. The monoisotopic (exact) mass is 455 g/mol. The number of hydrogen-bond donors (Lipinski definition) is 1. The number of aryl methyl sites for hydroxylation is 1. The molecule has 2 aliphatic heterocycles. The Hall–Kier alpha value is -2.71. The van der Waals surface area contributed by atoms with Gasteiger partial charge >= 0.3 is 0 Å². The number of anilines is 2. The first kappa shape index (κ1) is 22.5. The SMILES string of the molecule is CCc1ccc(NC(=O)[C@@H]2CCCN2S(=O)(=O)c2ccc3c(c2)C(C)(C)C(=O)N3C)cc1. The number of likely N-dealkylation sites (N-methyl/N-ethyl adjacent to an activating group) is 1. The van der Waals surface area contributed by atoms with Crippen molar-refractivity contribution in [3.8, 4) is 0 Å². The molecule has 2 amide bonds. The van der Waals surface area contributed by atoms with E-state index in [4.69, 9.17) is 0 Å². The number of hydrogen-bond acceptors (Lipinski definition) is 4. The highest BCUT2D eigenvalue weighted by atomic mass is 32.2. The molecule has 0 aliphatic carbocycles. The van der Waals surface area contributed by atoms with Gasteiger partial charge in [-0.1, -0.05) is 19.1 Å². The van der Waals surface area contributed by atoms with Gasteiger partial charge in [-0.2, -0.15) is 4.31 Å². The molecule has 1 saturated heterocycles. The van der Waals surface area contributed by atoms with Gasteiger partial charge in [-0.3, -0.25) is 9.59 Å². The summed E-state index contributed by atoms with van der Waals surface area (Å²) in [5.74, 6) is -0.402. The number of carbonyl (C=O) groups excluding carboxylic acids is 2. The zero-order valence-corrected chi connectivity index (χ0v) is 19.7. The van der Waals surface area contributed by atoms with Crippen molar-refractivity contribution in [2.24, 2.45) is 0 Å². The number of nitrogens with one attached hydrogen (secondary N) is 1. The molecule has 2 aromatic rings. The van der Waals surface area contributed by atoms with E-state index in [1.54, 1.807) is 37.9 Å². The number of benzene rings is 2. The maximum Gasteiger partial charge on any atom is 0.243 e. The fraction of sp³-hybridized carbons (Fsp3) is 0.417. The van der Waals surface area contributed by atoms with Gasteiger partial charge in [0.05, 0.1) is 10.3 Å². The van der Waals surface area contributed by atoms with Gasteiger partial charge < -0.3 is 10.2 Å². The molecule has 1 atom stereocenters. The van der Waals surface area contributed by atoms with E-state index in [9.17, 15) is 18.0 Å². The second-order valence-electron chi connectivity index (χ2n) is 8.98. The van der Waals surface area contributed by atoms with Crippen LogP contribution in [0, 0.1) is 0 Å². The van der Waals surface area contributed by atoms with E-state index < -0.39 is 21.5 Å². The molecule has 0 bridgehead atoms. The summed E-state index contributed by atoms with van der Waals surface area (Å²) in [6.07, 6.45) is 1.99. The van der Waals surface area contributed by atoms with E-state index in [1.165, 1.54) is 10.4 Å². The molecule has 2 aliphatic rings. The molecule has 0 radical (unpaired) electrons. The van der Waals surface area contributed by atoms with Crippen LogP contribution in [-0.4, -0.2) is 44.2 Å². The molecule has 0 saturated carbocycles. The summed E-state index contributed by atoms with van der Waals surface area (Å²) in [6.45, 7) is 5.94. The van der Waals surface area contributed by atoms with Crippen LogP contribution in [0.15, 0.2) is 47.4 Å². The van der Waals surface area contributed by atoms with Gasteiger partial charge in [-0.15, -0.1) is 0 Å². The Balaban J connectivity index is 1.60. The molecule has 2 aromatic carbocycles. The normalized spacial score (nSPS) is 20.4. The predicted molar refractivity (Wildman–Crippen MR) is 124 cm³/mol. The van der Waals surface area contributed by atoms with Gasteiger partial charge in [0.25, 0.3) is 0 Å². The van der Waals surface area contributed by atoms with Crippen molar-refractivity contribution in [3.63, 3.8) is 0 Å². The fourth-order valence-corrected chi connectivity index (χ4v) is 6.27. The van der Waals surface area contributed by atoms with Crippen LogP contribution in [0.3, 0.4) is 0 Å². The lowest BCUT2D eigenvalue weighted by Crippen LogP contribution is -2.43. The van der Waals surface area contributed by atoms with Crippen molar-refractivity contribution in [1.82, 2.24) is 4.31 Å². The molecule has 4 rings (SSSR count). The predicted octanol–water partition coefficient (Wildman–Crippen LogP) is 3.29. The summed E-state index contributed by atoms with van der Waals surface area (Å²) >= 11 is 0. The summed E-state index contributed by atoms with van der Waals surface area (Å²) in [4.78, 5) is 27.2. The quantitative estimate of drug-likeness (QED) is 0.750. The zero-order valence-electron chi connectivity index (χ0n) is 18.9. The minimum Gasteiger partial charge on any atom is -0.325 e. The van der Waals surface area contributed by atoms with Crippen molar-refractivity contribution in [2.75, 3.05) is 23.8 Å². The van der Waals surface area contributed by atoms with Crippen LogP contribution in [-0.2, 0) is 31.4 Å². The highest BCUT2D eigenvalue weighted by molar-refractivity contribution is 7.89. The standard InChI is InChI=1S/C24H29N3O4S/c1-5-16-8-10-17(11-9-16)25-22(28)21-7-6-14-27(21)32(30,31)18-12-13-20-19(15-18)24(2,3)23(29)26(20)4/h8-13,15,21H,5-7,14H2,1-4H3,(H,25,28)/t21-/m0/s1. The minimum absolute atomic E-state index is 0.0745. The van der Waals surface area contributed by atoms with E-state index in [1.807, 2.05) is 24.3 Å². The molecule has 8 heteroatoms. The third-order valence-electron chi connectivity index (χ3n) is 6.58.